The van der Waals surface area contributed by atoms with Crippen LogP contribution in [0.3, 0.4) is 0 Å². The van der Waals surface area contributed by atoms with Gasteiger partial charge in [-0.05, 0) is 54.1 Å². The van der Waals surface area contributed by atoms with Crippen LogP contribution < -0.4 is 9.64 Å². The lowest BCUT2D eigenvalue weighted by atomic mass is 10.1. The van der Waals surface area contributed by atoms with Crippen molar-refractivity contribution in [2.24, 2.45) is 4.99 Å². The number of carbonyl (C=O) groups excluding carboxylic acids is 1. The third kappa shape index (κ3) is 3.31. The predicted molar refractivity (Wildman–Crippen MR) is 103 cm³/mol. The van der Waals surface area contributed by atoms with Gasteiger partial charge in [-0.25, -0.2) is 4.39 Å². The van der Waals surface area contributed by atoms with Crippen LogP contribution in [0.2, 0.25) is 0 Å². The molecule has 1 amide bonds. The Morgan fingerprint density at radius 1 is 1.00 bits per heavy atom. The lowest BCUT2D eigenvalue weighted by Crippen LogP contribution is -2.25. The molecule has 0 aliphatic carbocycles. The van der Waals surface area contributed by atoms with Gasteiger partial charge in [0.1, 0.15) is 17.4 Å². The van der Waals surface area contributed by atoms with Gasteiger partial charge in [0.15, 0.2) is 0 Å². The maximum atomic E-state index is 13.1. The fraction of sp³-hybridized carbons (Fsp3) is 0.0909. The summed E-state index contributed by atoms with van der Waals surface area (Å²) in [6, 6.07) is 20.9. The standard InChI is InChI=1S/C22H17FN2O2/c1-27-19-12-10-18(11-13-19)25-14-16-4-2-3-5-20(16)21(25)24-22(26)15-6-8-17(23)9-7-15/h2-13H,14H2,1H3. The molecular formula is C22H17FN2O2. The molecule has 1 heterocycles. The molecule has 4 nitrogen and oxygen atoms in total. The molecule has 5 heteroatoms. The van der Waals surface area contributed by atoms with E-state index in [1.165, 1.54) is 24.3 Å². The number of amides is 1. The first-order chi connectivity index (χ1) is 13.2. The van der Waals surface area contributed by atoms with Crippen LogP contribution in [-0.2, 0) is 6.54 Å². The molecule has 3 aromatic carbocycles. The summed E-state index contributed by atoms with van der Waals surface area (Å²) in [7, 11) is 1.62. The van der Waals surface area contributed by atoms with E-state index in [1.807, 2.05) is 53.4 Å². The van der Waals surface area contributed by atoms with Crippen LogP contribution in [0, 0.1) is 5.82 Å². The summed E-state index contributed by atoms with van der Waals surface area (Å²) in [5, 5.41) is 0. The molecule has 0 saturated heterocycles. The first-order valence-corrected chi connectivity index (χ1v) is 8.54. The molecule has 27 heavy (non-hydrogen) atoms. The number of amidine groups is 1. The summed E-state index contributed by atoms with van der Waals surface area (Å²) in [4.78, 5) is 19.0. The van der Waals surface area contributed by atoms with Crippen molar-refractivity contribution in [3.05, 3.63) is 95.3 Å². The Kier molecular flexibility index (Phi) is 4.42. The van der Waals surface area contributed by atoms with Gasteiger partial charge in [-0.1, -0.05) is 24.3 Å². The van der Waals surface area contributed by atoms with Crippen LogP contribution in [0.25, 0.3) is 0 Å². The summed E-state index contributed by atoms with van der Waals surface area (Å²) >= 11 is 0. The van der Waals surface area contributed by atoms with Gasteiger partial charge in [0, 0.05) is 16.8 Å². The first kappa shape index (κ1) is 17.0. The number of ether oxygens (including phenoxy) is 1. The molecule has 134 valence electrons. The molecular weight excluding hydrogens is 343 g/mol. The quantitative estimate of drug-likeness (QED) is 0.693. The van der Waals surface area contributed by atoms with Gasteiger partial charge in [-0.3, -0.25) is 4.79 Å². The fourth-order valence-electron chi connectivity index (χ4n) is 3.12. The van der Waals surface area contributed by atoms with Crippen molar-refractivity contribution in [2.45, 2.75) is 6.54 Å². The van der Waals surface area contributed by atoms with E-state index in [1.54, 1.807) is 7.11 Å². The second-order valence-electron chi connectivity index (χ2n) is 6.19. The van der Waals surface area contributed by atoms with Crippen LogP contribution in [0.1, 0.15) is 21.5 Å². The number of rotatable bonds is 3. The van der Waals surface area contributed by atoms with Crippen molar-refractivity contribution >= 4 is 17.4 Å². The molecule has 0 bridgehead atoms. The lowest BCUT2D eigenvalue weighted by Gasteiger charge is -2.19. The molecule has 3 aromatic rings. The van der Waals surface area contributed by atoms with Gasteiger partial charge in [-0.2, -0.15) is 4.99 Å². The fourth-order valence-corrected chi connectivity index (χ4v) is 3.12. The average Bonchev–Trinajstić information content (AvgIpc) is 3.07. The number of hydrogen-bond donors (Lipinski definition) is 0. The molecule has 0 atom stereocenters. The van der Waals surface area contributed by atoms with E-state index < -0.39 is 5.91 Å². The van der Waals surface area contributed by atoms with Crippen molar-refractivity contribution in [3.8, 4) is 5.75 Å². The smallest absolute Gasteiger partial charge is 0.278 e. The Morgan fingerprint density at radius 2 is 1.70 bits per heavy atom. The zero-order chi connectivity index (χ0) is 18.8. The molecule has 1 aliphatic rings. The number of methoxy groups -OCH3 is 1. The van der Waals surface area contributed by atoms with E-state index in [0.717, 1.165) is 22.6 Å². The topological polar surface area (TPSA) is 41.9 Å². The van der Waals surface area contributed by atoms with Crippen LogP contribution in [0.4, 0.5) is 10.1 Å². The van der Waals surface area contributed by atoms with E-state index in [2.05, 4.69) is 4.99 Å². The zero-order valence-corrected chi connectivity index (χ0v) is 14.7. The molecule has 0 N–H and O–H groups in total. The van der Waals surface area contributed by atoms with E-state index in [-0.39, 0.29) is 5.82 Å². The van der Waals surface area contributed by atoms with Crippen molar-refractivity contribution in [1.29, 1.82) is 0 Å². The van der Waals surface area contributed by atoms with E-state index in [9.17, 15) is 9.18 Å². The minimum atomic E-state index is -0.403. The van der Waals surface area contributed by atoms with Gasteiger partial charge >= 0.3 is 0 Å². The first-order valence-electron chi connectivity index (χ1n) is 8.54. The molecule has 0 saturated carbocycles. The van der Waals surface area contributed by atoms with Gasteiger partial charge in [0.05, 0.1) is 13.7 Å². The average molecular weight is 360 g/mol. The third-order valence-electron chi connectivity index (χ3n) is 4.53. The summed E-state index contributed by atoms with van der Waals surface area (Å²) < 4.78 is 18.4. The van der Waals surface area contributed by atoms with E-state index >= 15 is 0 Å². The van der Waals surface area contributed by atoms with Crippen molar-refractivity contribution in [3.63, 3.8) is 0 Å². The van der Waals surface area contributed by atoms with Crippen LogP contribution >= 0.6 is 0 Å². The van der Waals surface area contributed by atoms with Gasteiger partial charge in [0.25, 0.3) is 5.91 Å². The van der Waals surface area contributed by atoms with Crippen LogP contribution in [-0.4, -0.2) is 18.9 Å². The normalized spacial score (nSPS) is 14.3. The highest BCUT2D eigenvalue weighted by Crippen LogP contribution is 2.30. The molecule has 0 radical (unpaired) electrons. The van der Waals surface area contributed by atoms with Crippen molar-refractivity contribution in [1.82, 2.24) is 0 Å². The molecule has 0 fully saturated rings. The SMILES string of the molecule is COc1ccc(N2Cc3ccccc3C2=NC(=O)c2ccc(F)cc2)cc1. The van der Waals surface area contributed by atoms with Crippen molar-refractivity contribution < 1.29 is 13.9 Å². The second kappa shape index (κ2) is 7.03. The largest absolute Gasteiger partial charge is 0.497 e. The maximum Gasteiger partial charge on any atom is 0.278 e. The minimum Gasteiger partial charge on any atom is -0.497 e. The molecule has 0 aromatic heterocycles. The molecule has 0 spiro atoms. The Bertz CT molecular complexity index is 1010. The Morgan fingerprint density at radius 3 is 2.41 bits per heavy atom. The van der Waals surface area contributed by atoms with Crippen LogP contribution in [0.15, 0.2) is 77.8 Å². The Labute approximate surface area is 156 Å². The van der Waals surface area contributed by atoms with Gasteiger partial charge in [-0.15, -0.1) is 0 Å². The predicted octanol–water partition coefficient (Wildman–Crippen LogP) is 4.44. The Hall–Kier alpha value is -3.47. The number of carbonyl (C=O) groups is 1. The maximum absolute atomic E-state index is 13.1. The molecule has 1 aliphatic heterocycles. The molecule has 0 unspecified atom stereocenters. The highest BCUT2D eigenvalue weighted by atomic mass is 19.1. The highest BCUT2D eigenvalue weighted by molar-refractivity contribution is 6.18. The highest BCUT2D eigenvalue weighted by Gasteiger charge is 2.27. The van der Waals surface area contributed by atoms with Crippen LogP contribution in [0.5, 0.6) is 5.75 Å². The lowest BCUT2D eigenvalue weighted by molar-refractivity contribution is 0.100. The summed E-state index contributed by atoms with van der Waals surface area (Å²) in [6.07, 6.45) is 0. The number of benzene rings is 3. The van der Waals surface area contributed by atoms with E-state index in [4.69, 9.17) is 4.74 Å². The second-order valence-corrected chi connectivity index (χ2v) is 6.19. The number of hydrogen-bond acceptors (Lipinski definition) is 2. The summed E-state index contributed by atoms with van der Waals surface area (Å²) in [6.45, 7) is 0.623. The monoisotopic (exact) mass is 360 g/mol. The zero-order valence-electron chi connectivity index (χ0n) is 14.7. The number of anilines is 1. The number of halogens is 1. The molecule has 4 rings (SSSR count). The summed E-state index contributed by atoms with van der Waals surface area (Å²) in [5.41, 5.74) is 3.28. The van der Waals surface area contributed by atoms with Crippen molar-refractivity contribution in [2.75, 3.05) is 12.0 Å². The Balaban J connectivity index is 1.75. The number of fused-ring (bicyclic) bond motifs is 1. The number of nitrogens with zero attached hydrogens (tertiary/aromatic N) is 2. The third-order valence-corrected chi connectivity index (χ3v) is 4.53. The minimum absolute atomic E-state index is 0.350. The van der Waals surface area contributed by atoms with Gasteiger partial charge < -0.3 is 9.64 Å². The van der Waals surface area contributed by atoms with E-state index in [0.29, 0.717) is 17.9 Å². The number of aliphatic imine (C=N–C) groups is 1. The summed E-state index contributed by atoms with van der Waals surface area (Å²) in [5.74, 6) is 0.562. The van der Waals surface area contributed by atoms with Gasteiger partial charge in [0.2, 0.25) is 0 Å².